The van der Waals surface area contributed by atoms with Crippen LogP contribution in [0.25, 0.3) is 0 Å². The molecule has 6 heteroatoms. The van der Waals surface area contributed by atoms with Crippen LogP contribution in [0, 0.1) is 0 Å². The number of likely N-dealkylation sites (tertiary alicyclic amines) is 1. The van der Waals surface area contributed by atoms with Crippen LogP contribution >= 0.6 is 0 Å². The van der Waals surface area contributed by atoms with Crippen LogP contribution < -0.4 is 10.1 Å². The summed E-state index contributed by atoms with van der Waals surface area (Å²) in [6, 6.07) is 8.86. The van der Waals surface area contributed by atoms with E-state index < -0.39 is 0 Å². The van der Waals surface area contributed by atoms with E-state index in [-0.39, 0.29) is 0 Å². The maximum Gasteiger partial charge on any atom is 0.227 e. The van der Waals surface area contributed by atoms with Gasteiger partial charge in [0.1, 0.15) is 5.75 Å². The van der Waals surface area contributed by atoms with E-state index in [2.05, 4.69) is 38.4 Å². The molecule has 25 heavy (non-hydrogen) atoms. The van der Waals surface area contributed by atoms with E-state index in [0.29, 0.717) is 17.9 Å². The van der Waals surface area contributed by atoms with Gasteiger partial charge in [-0.2, -0.15) is 0 Å². The second kappa shape index (κ2) is 7.37. The molecule has 2 fully saturated rings. The quantitative estimate of drug-likeness (QED) is 0.903. The molecule has 0 saturated carbocycles. The molecule has 4 rings (SSSR count). The lowest BCUT2D eigenvalue weighted by atomic mass is 9.88. The molecule has 132 valence electrons. The predicted molar refractivity (Wildman–Crippen MR) is 96.5 cm³/mol. The van der Waals surface area contributed by atoms with Crippen LogP contribution in [0.2, 0.25) is 0 Å². The van der Waals surface area contributed by atoms with Gasteiger partial charge in [-0.1, -0.05) is 6.07 Å². The van der Waals surface area contributed by atoms with Crippen LogP contribution in [0.15, 0.2) is 36.7 Å². The SMILES string of the molecule is COc1cc(C2CCN(C3COC3)CC2)ccc1Nc1ncccn1. The lowest BCUT2D eigenvalue weighted by Gasteiger charge is -2.41. The van der Waals surface area contributed by atoms with E-state index in [0.717, 1.165) is 37.7 Å². The largest absolute Gasteiger partial charge is 0.495 e. The van der Waals surface area contributed by atoms with Crippen molar-refractivity contribution in [3.05, 3.63) is 42.2 Å². The molecule has 0 radical (unpaired) electrons. The Hall–Kier alpha value is -2.18. The summed E-state index contributed by atoms with van der Waals surface area (Å²) < 4.78 is 10.9. The number of nitrogens with zero attached hydrogens (tertiary/aromatic N) is 3. The van der Waals surface area contributed by atoms with Gasteiger partial charge in [0.15, 0.2) is 0 Å². The highest BCUT2D eigenvalue weighted by Crippen LogP contribution is 2.35. The molecule has 2 saturated heterocycles. The average Bonchev–Trinajstić information content (AvgIpc) is 2.62. The fraction of sp³-hybridized carbons (Fsp3) is 0.474. The van der Waals surface area contributed by atoms with Crippen LogP contribution in [-0.4, -0.2) is 54.3 Å². The van der Waals surface area contributed by atoms with E-state index in [1.807, 2.05) is 0 Å². The molecule has 0 aliphatic carbocycles. The highest BCUT2D eigenvalue weighted by atomic mass is 16.5. The maximum atomic E-state index is 5.59. The summed E-state index contributed by atoms with van der Waals surface area (Å²) in [5, 5.41) is 3.22. The molecular weight excluding hydrogens is 316 g/mol. The lowest BCUT2D eigenvalue weighted by Crippen LogP contribution is -2.51. The summed E-state index contributed by atoms with van der Waals surface area (Å²) in [6.07, 6.45) is 5.82. The zero-order chi connectivity index (χ0) is 17.1. The van der Waals surface area contributed by atoms with E-state index in [1.165, 1.54) is 18.4 Å². The van der Waals surface area contributed by atoms with Crippen molar-refractivity contribution in [2.75, 3.05) is 38.7 Å². The summed E-state index contributed by atoms with van der Waals surface area (Å²) in [5.74, 6) is 2.00. The Morgan fingerprint density at radius 3 is 2.56 bits per heavy atom. The minimum Gasteiger partial charge on any atom is -0.495 e. The van der Waals surface area contributed by atoms with Crippen molar-refractivity contribution in [1.82, 2.24) is 14.9 Å². The first kappa shape index (κ1) is 16.3. The zero-order valence-electron chi connectivity index (χ0n) is 14.5. The number of nitrogens with one attached hydrogen (secondary N) is 1. The Bertz CT molecular complexity index is 698. The lowest BCUT2D eigenvalue weighted by molar-refractivity contribution is -0.0712. The van der Waals surface area contributed by atoms with Gasteiger partial charge >= 0.3 is 0 Å². The van der Waals surface area contributed by atoms with Crippen molar-refractivity contribution >= 4 is 11.6 Å². The van der Waals surface area contributed by atoms with Crippen molar-refractivity contribution in [3.63, 3.8) is 0 Å². The second-order valence-corrected chi connectivity index (χ2v) is 6.66. The third kappa shape index (κ3) is 3.60. The fourth-order valence-electron chi connectivity index (χ4n) is 3.58. The number of benzene rings is 1. The number of anilines is 2. The van der Waals surface area contributed by atoms with Gasteiger partial charge in [0.2, 0.25) is 5.95 Å². The monoisotopic (exact) mass is 340 g/mol. The fourth-order valence-corrected chi connectivity index (χ4v) is 3.58. The topological polar surface area (TPSA) is 59.5 Å². The van der Waals surface area contributed by atoms with Crippen LogP contribution in [-0.2, 0) is 4.74 Å². The molecule has 6 nitrogen and oxygen atoms in total. The first-order valence-electron chi connectivity index (χ1n) is 8.87. The average molecular weight is 340 g/mol. The third-order valence-corrected chi connectivity index (χ3v) is 5.18. The molecule has 2 aliphatic rings. The van der Waals surface area contributed by atoms with Gasteiger partial charge < -0.3 is 14.8 Å². The maximum absolute atomic E-state index is 5.59. The van der Waals surface area contributed by atoms with E-state index in [9.17, 15) is 0 Å². The van der Waals surface area contributed by atoms with Crippen LogP contribution in [0.4, 0.5) is 11.6 Å². The summed E-state index contributed by atoms with van der Waals surface area (Å²) >= 11 is 0. The first-order chi connectivity index (χ1) is 12.3. The number of aromatic nitrogens is 2. The number of hydrogen-bond acceptors (Lipinski definition) is 6. The smallest absolute Gasteiger partial charge is 0.227 e. The molecule has 0 amide bonds. The molecular formula is C19H24N4O2. The Balaban J connectivity index is 1.44. The Kier molecular flexibility index (Phi) is 4.81. The van der Waals surface area contributed by atoms with Gasteiger partial charge in [-0.3, -0.25) is 4.90 Å². The predicted octanol–water partition coefficient (Wildman–Crippen LogP) is 2.81. The molecule has 0 spiro atoms. The van der Waals surface area contributed by atoms with Crippen molar-refractivity contribution in [2.24, 2.45) is 0 Å². The van der Waals surface area contributed by atoms with Crippen LogP contribution in [0.1, 0.15) is 24.3 Å². The highest BCUT2D eigenvalue weighted by molar-refractivity contribution is 5.63. The Labute approximate surface area is 148 Å². The number of rotatable bonds is 5. The van der Waals surface area contributed by atoms with Gasteiger partial charge in [0.05, 0.1) is 32.1 Å². The second-order valence-electron chi connectivity index (χ2n) is 6.66. The van der Waals surface area contributed by atoms with Crippen molar-refractivity contribution in [1.29, 1.82) is 0 Å². The molecule has 0 atom stereocenters. The number of methoxy groups -OCH3 is 1. The van der Waals surface area contributed by atoms with Crippen molar-refractivity contribution < 1.29 is 9.47 Å². The van der Waals surface area contributed by atoms with E-state index in [4.69, 9.17) is 9.47 Å². The molecule has 3 heterocycles. The van der Waals surface area contributed by atoms with Gasteiger partial charge in [-0.05, 0) is 55.6 Å². The number of piperidine rings is 1. The molecule has 2 aliphatic heterocycles. The van der Waals surface area contributed by atoms with Crippen LogP contribution in [0.3, 0.4) is 0 Å². The summed E-state index contributed by atoms with van der Waals surface area (Å²) in [7, 11) is 1.70. The normalized spacial score (nSPS) is 19.4. The van der Waals surface area contributed by atoms with Crippen molar-refractivity contribution in [2.45, 2.75) is 24.8 Å². The summed E-state index contributed by atoms with van der Waals surface area (Å²) in [5.41, 5.74) is 2.24. The van der Waals surface area contributed by atoms with E-state index in [1.54, 1.807) is 25.6 Å². The van der Waals surface area contributed by atoms with Gasteiger partial charge in [0.25, 0.3) is 0 Å². The molecule has 0 bridgehead atoms. The number of hydrogen-bond donors (Lipinski definition) is 1. The van der Waals surface area contributed by atoms with E-state index >= 15 is 0 Å². The van der Waals surface area contributed by atoms with Gasteiger partial charge in [-0.15, -0.1) is 0 Å². The first-order valence-corrected chi connectivity index (χ1v) is 8.87. The zero-order valence-corrected chi connectivity index (χ0v) is 14.5. The highest BCUT2D eigenvalue weighted by Gasteiger charge is 2.30. The Morgan fingerprint density at radius 1 is 1.16 bits per heavy atom. The molecule has 0 unspecified atom stereocenters. The molecule has 1 aromatic heterocycles. The summed E-state index contributed by atoms with van der Waals surface area (Å²) in [6.45, 7) is 4.11. The Morgan fingerprint density at radius 2 is 1.92 bits per heavy atom. The summed E-state index contributed by atoms with van der Waals surface area (Å²) in [4.78, 5) is 11.0. The minimum absolute atomic E-state index is 0.574. The molecule has 2 aromatic rings. The van der Waals surface area contributed by atoms with Gasteiger partial charge in [-0.25, -0.2) is 9.97 Å². The molecule has 1 aromatic carbocycles. The van der Waals surface area contributed by atoms with Crippen LogP contribution in [0.5, 0.6) is 5.75 Å². The number of ether oxygens (including phenoxy) is 2. The standard InChI is InChI=1S/C19H24N4O2/c1-24-18-11-15(3-4-17(18)22-19-20-7-2-8-21-19)14-5-9-23(10-6-14)16-12-25-13-16/h2-4,7-8,11,14,16H,5-6,9-10,12-13H2,1H3,(H,20,21,22). The minimum atomic E-state index is 0.574. The van der Waals surface area contributed by atoms with Crippen molar-refractivity contribution in [3.8, 4) is 5.75 Å². The van der Waals surface area contributed by atoms with Gasteiger partial charge in [0, 0.05) is 12.4 Å². The molecule has 1 N–H and O–H groups in total. The third-order valence-electron chi connectivity index (χ3n) is 5.18.